The molecule has 1 unspecified atom stereocenters. The molecule has 0 spiro atoms. The summed E-state index contributed by atoms with van der Waals surface area (Å²) in [7, 11) is 0. The van der Waals surface area contributed by atoms with E-state index in [0.717, 1.165) is 19.4 Å². The van der Waals surface area contributed by atoms with Crippen molar-refractivity contribution in [2.45, 2.75) is 25.9 Å². The van der Waals surface area contributed by atoms with Crippen molar-refractivity contribution in [2.75, 3.05) is 18.5 Å². The number of anilines is 1. The number of thiazole rings is 1. The lowest BCUT2D eigenvalue weighted by Crippen LogP contribution is -2.18. The molecule has 1 N–H and O–H groups in total. The Balaban J connectivity index is 1.84. The highest BCUT2D eigenvalue weighted by atomic mass is 32.1. The van der Waals surface area contributed by atoms with Gasteiger partial charge >= 0.3 is 5.97 Å². The summed E-state index contributed by atoms with van der Waals surface area (Å²) in [6.07, 6.45) is 1.93. The molecule has 1 fully saturated rings. The molecule has 0 aliphatic carbocycles. The van der Waals surface area contributed by atoms with Crippen molar-refractivity contribution in [3.8, 4) is 0 Å². The lowest BCUT2D eigenvalue weighted by atomic mass is 10.2. The van der Waals surface area contributed by atoms with E-state index in [2.05, 4.69) is 10.3 Å². The highest BCUT2D eigenvalue weighted by Crippen LogP contribution is 2.17. The molecule has 2 rings (SSSR count). The highest BCUT2D eigenvalue weighted by molar-refractivity contribution is 7.14. The zero-order chi connectivity index (χ0) is 13.0. The van der Waals surface area contributed by atoms with Gasteiger partial charge in [0, 0.05) is 18.9 Å². The van der Waals surface area contributed by atoms with E-state index in [4.69, 9.17) is 9.47 Å². The predicted octanol–water partition coefficient (Wildman–Crippen LogP) is 1.44. The van der Waals surface area contributed by atoms with E-state index in [9.17, 15) is 9.59 Å². The second-order valence-electron chi connectivity index (χ2n) is 3.95. The lowest BCUT2D eigenvalue weighted by Gasteiger charge is -2.08. The van der Waals surface area contributed by atoms with E-state index in [-0.39, 0.29) is 24.3 Å². The van der Waals surface area contributed by atoms with Crippen LogP contribution in [0.2, 0.25) is 0 Å². The summed E-state index contributed by atoms with van der Waals surface area (Å²) in [6, 6.07) is 0. The van der Waals surface area contributed by atoms with Crippen molar-refractivity contribution < 1.29 is 19.1 Å². The molecule has 0 saturated carbocycles. The molecule has 1 amide bonds. The number of ether oxygens (including phenoxy) is 2. The molecule has 98 valence electrons. The van der Waals surface area contributed by atoms with Gasteiger partial charge in [0.2, 0.25) is 5.91 Å². The first-order chi connectivity index (χ1) is 8.65. The zero-order valence-electron chi connectivity index (χ0n) is 9.97. The van der Waals surface area contributed by atoms with Gasteiger partial charge in [-0.25, -0.2) is 9.78 Å². The van der Waals surface area contributed by atoms with Crippen molar-refractivity contribution in [2.24, 2.45) is 0 Å². The van der Waals surface area contributed by atoms with E-state index >= 15 is 0 Å². The maximum atomic E-state index is 11.7. The van der Waals surface area contributed by atoms with Crippen LogP contribution in [-0.4, -0.2) is 36.2 Å². The normalized spacial score (nSPS) is 18.6. The van der Waals surface area contributed by atoms with Gasteiger partial charge in [-0.15, -0.1) is 11.3 Å². The minimum absolute atomic E-state index is 0.00222. The van der Waals surface area contributed by atoms with Crippen LogP contribution in [-0.2, 0) is 14.3 Å². The number of carbonyl (C=O) groups is 2. The summed E-state index contributed by atoms with van der Waals surface area (Å²) >= 11 is 1.19. The van der Waals surface area contributed by atoms with Crippen molar-refractivity contribution >= 4 is 28.3 Å². The highest BCUT2D eigenvalue weighted by Gasteiger charge is 2.19. The first-order valence-electron chi connectivity index (χ1n) is 5.67. The smallest absolute Gasteiger partial charge is 0.357 e. The summed E-state index contributed by atoms with van der Waals surface area (Å²) in [5, 5.41) is 4.47. The summed E-state index contributed by atoms with van der Waals surface area (Å²) in [6.45, 7) is 2.37. The van der Waals surface area contributed by atoms with Crippen LogP contribution in [0.4, 0.5) is 5.13 Å². The number of aromatic nitrogens is 1. The predicted molar refractivity (Wildman–Crippen MR) is 65.7 cm³/mol. The van der Waals surface area contributed by atoms with Gasteiger partial charge in [-0.1, -0.05) is 0 Å². The van der Waals surface area contributed by atoms with Crippen LogP contribution in [0, 0.1) is 0 Å². The molecule has 7 heteroatoms. The van der Waals surface area contributed by atoms with Gasteiger partial charge in [-0.05, 0) is 12.8 Å². The van der Waals surface area contributed by atoms with Gasteiger partial charge in [0.1, 0.15) is 6.61 Å². The number of rotatable bonds is 4. The molecule has 1 atom stereocenters. The van der Waals surface area contributed by atoms with Gasteiger partial charge in [0.25, 0.3) is 0 Å². The molecule has 1 aromatic heterocycles. The first kappa shape index (κ1) is 13.0. The number of esters is 1. The number of amides is 1. The number of hydrogen-bond donors (Lipinski definition) is 1. The molecule has 2 heterocycles. The Bertz CT molecular complexity index is 440. The average molecular weight is 270 g/mol. The molecule has 1 aliphatic rings. The number of nitrogens with zero attached hydrogens (tertiary/aromatic N) is 1. The Kier molecular flexibility index (Phi) is 4.27. The van der Waals surface area contributed by atoms with E-state index in [1.54, 1.807) is 5.38 Å². The molecule has 0 radical (unpaired) electrons. The monoisotopic (exact) mass is 270 g/mol. The Morgan fingerprint density at radius 2 is 2.50 bits per heavy atom. The van der Waals surface area contributed by atoms with E-state index in [0.29, 0.717) is 5.13 Å². The van der Waals surface area contributed by atoms with Crippen LogP contribution in [0.5, 0.6) is 0 Å². The van der Waals surface area contributed by atoms with Gasteiger partial charge in [-0.3, -0.25) is 4.79 Å². The standard InChI is InChI=1S/C11H14N2O4S/c1-7(14)12-11-13-9(6-18-11)10(15)17-5-8-3-2-4-16-8/h6,8H,2-5H2,1H3,(H,12,13,14). The zero-order valence-corrected chi connectivity index (χ0v) is 10.8. The van der Waals surface area contributed by atoms with Crippen molar-refractivity contribution in [3.05, 3.63) is 11.1 Å². The van der Waals surface area contributed by atoms with Gasteiger partial charge in [-0.2, -0.15) is 0 Å². The number of hydrogen-bond acceptors (Lipinski definition) is 6. The summed E-state index contributed by atoms with van der Waals surface area (Å²) in [4.78, 5) is 26.4. The van der Waals surface area contributed by atoms with Crippen LogP contribution < -0.4 is 5.32 Å². The van der Waals surface area contributed by atoms with Crippen LogP contribution in [0.25, 0.3) is 0 Å². The third-order valence-electron chi connectivity index (χ3n) is 2.42. The Labute approximate surface area is 108 Å². The summed E-state index contributed by atoms with van der Waals surface area (Å²) in [5.74, 6) is -0.707. The molecule has 1 aromatic rings. The van der Waals surface area contributed by atoms with E-state index in [1.807, 2.05) is 0 Å². The van der Waals surface area contributed by atoms with Crippen LogP contribution in [0.1, 0.15) is 30.3 Å². The largest absolute Gasteiger partial charge is 0.458 e. The van der Waals surface area contributed by atoms with Crippen LogP contribution in [0.3, 0.4) is 0 Å². The Hall–Kier alpha value is -1.47. The van der Waals surface area contributed by atoms with Gasteiger partial charge < -0.3 is 14.8 Å². The minimum Gasteiger partial charge on any atom is -0.458 e. The summed E-state index contributed by atoms with van der Waals surface area (Å²) in [5.41, 5.74) is 0.210. The molecule has 1 saturated heterocycles. The maximum Gasteiger partial charge on any atom is 0.357 e. The first-order valence-corrected chi connectivity index (χ1v) is 6.55. The van der Waals surface area contributed by atoms with E-state index in [1.165, 1.54) is 18.3 Å². The van der Waals surface area contributed by atoms with Crippen molar-refractivity contribution in [1.29, 1.82) is 0 Å². The summed E-state index contributed by atoms with van der Waals surface area (Å²) < 4.78 is 10.4. The van der Waals surface area contributed by atoms with E-state index < -0.39 is 5.97 Å². The molecule has 6 nitrogen and oxygen atoms in total. The topological polar surface area (TPSA) is 77.5 Å². The van der Waals surface area contributed by atoms with Gasteiger partial charge in [0.05, 0.1) is 6.10 Å². The fraction of sp³-hybridized carbons (Fsp3) is 0.545. The fourth-order valence-corrected chi connectivity index (χ4v) is 2.32. The molecule has 0 bridgehead atoms. The molecular weight excluding hydrogens is 256 g/mol. The Morgan fingerprint density at radius 1 is 1.67 bits per heavy atom. The third-order valence-corrected chi connectivity index (χ3v) is 3.18. The van der Waals surface area contributed by atoms with Gasteiger partial charge in [0.15, 0.2) is 10.8 Å². The molecular formula is C11H14N2O4S. The average Bonchev–Trinajstić information content (AvgIpc) is 2.95. The second kappa shape index (κ2) is 5.92. The quantitative estimate of drug-likeness (QED) is 0.838. The van der Waals surface area contributed by atoms with Crippen molar-refractivity contribution in [3.63, 3.8) is 0 Å². The maximum absolute atomic E-state index is 11.7. The lowest BCUT2D eigenvalue weighted by molar-refractivity contribution is -0.114. The van der Waals surface area contributed by atoms with Crippen LogP contribution in [0.15, 0.2) is 5.38 Å². The molecule has 18 heavy (non-hydrogen) atoms. The number of nitrogens with one attached hydrogen (secondary N) is 1. The second-order valence-corrected chi connectivity index (χ2v) is 4.81. The fourth-order valence-electron chi connectivity index (χ4n) is 1.59. The molecule has 0 aromatic carbocycles. The Morgan fingerprint density at radius 3 is 3.17 bits per heavy atom. The van der Waals surface area contributed by atoms with Crippen molar-refractivity contribution in [1.82, 2.24) is 4.98 Å². The SMILES string of the molecule is CC(=O)Nc1nc(C(=O)OCC2CCCO2)cs1. The minimum atomic E-state index is -0.488. The molecule has 1 aliphatic heterocycles. The third kappa shape index (κ3) is 3.51. The number of carbonyl (C=O) groups excluding carboxylic acids is 2. The van der Waals surface area contributed by atoms with Crippen LogP contribution >= 0.6 is 11.3 Å².